The van der Waals surface area contributed by atoms with Crippen LogP contribution in [0.5, 0.6) is 0 Å². The SMILES string of the molecule is CC.CC.CC.Cc1ccc2c(c1)N=CCC2. The first kappa shape index (κ1) is 18.3. The van der Waals surface area contributed by atoms with Crippen molar-refractivity contribution in [2.75, 3.05) is 0 Å². The number of nitrogens with zero attached hydrogens (tertiary/aromatic N) is 1. The second-order valence-electron chi connectivity index (χ2n) is 2.98. The fraction of sp³-hybridized carbons (Fsp3) is 0.562. The predicted molar refractivity (Wildman–Crippen MR) is 81.7 cm³/mol. The molecule has 1 aliphatic rings. The normalized spacial score (nSPS) is 10.5. The summed E-state index contributed by atoms with van der Waals surface area (Å²) in [6.07, 6.45) is 4.25. The fourth-order valence-electron chi connectivity index (χ4n) is 1.39. The van der Waals surface area contributed by atoms with Crippen molar-refractivity contribution >= 4 is 11.9 Å². The van der Waals surface area contributed by atoms with E-state index in [1.807, 2.05) is 47.8 Å². The van der Waals surface area contributed by atoms with Crippen LogP contribution in [0.3, 0.4) is 0 Å². The molecule has 0 saturated carbocycles. The van der Waals surface area contributed by atoms with Crippen molar-refractivity contribution in [1.82, 2.24) is 0 Å². The molecule has 98 valence electrons. The summed E-state index contributed by atoms with van der Waals surface area (Å²) in [5.74, 6) is 0. The Balaban J connectivity index is 0. The van der Waals surface area contributed by atoms with E-state index in [9.17, 15) is 0 Å². The molecule has 0 N–H and O–H groups in total. The second-order valence-corrected chi connectivity index (χ2v) is 2.98. The maximum atomic E-state index is 4.33. The quantitative estimate of drug-likeness (QED) is 0.545. The maximum Gasteiger partial charge on any atom is 0.0660 e. The van der Waals surface area contributed by atoms with Gasteiger partial charge in [0.2, 0.25) is 0 Å². The number of rotatable bonds is 0. The van der Waals surface area contributed by atoms with Gasteiger partial charge >= 0.3 is 0 Å². The first-order valence-electron chi connectivity index (χ1n) is 6.98. The Bertz CT molecular complexity index is 300. The van der Waals surface area contributed by atoms with Crippen LogP contribution in [-0.2, 0) is 6.42 Å². The first-order valence-corrected chi connectivity index (χ1v) is 6.98. The highest BCUT2D eigenvalue weighted by molar-refractivity contribution is 5.69. The summed E-state index contributed by atoms with van der Waals surface area (Å²) in [7, 11) is 0. The highest BCUT2D eigenvalue weighted by atomic mass is 14.7. The van der Waals surface area contributed by atoms with Crippen molar-refractivity contribution in [3.63, 3.8) is 0 Å². The Morgan fingerprint density at radius 3 is 2.12 bits per heavy atom. The molecular weight excluding hydrogens is 206 g/mol. The zero-order chi connectivity index (χ0) is 13.7. The lowest BCUT2D eigenvalue weighted by molar-refractivity contribution is 1.03. The number of hydrogen-bond donors (Lipinski definition) is 0. The van der Waals surface area contributed by atoms with Gasteiger partial charge in [0.05, 0.1) is 5.69 Å². The molecule has 17 heavy (non-hydrogen) atoms. The van der Waals surface area contributed by atoms with E-state index in [4.69, 9.17) is 0 Å². The minimum atomic E-state index is 1.09. The lowest BCUT2D eigenvalue weighted by Gasteiger charge is -2.08. The Kier molecular flexibility index (Phi) is 13.9. The van der Waals surface area contributed by atoms with Gasteiger partial charge in [0.1, 0.15) is 0 Å². The second kappa shape index (κ2) is 13.0. The standard InChI is InChI=1S/C10H11N.3C2H6/c1-8-4-5-9-3-2-6-11-10(9)7-8;3*1-2/h4-7H,2-3H2,1H3;3*1-2H3. The van der Waals surface area contributed by atoms with Crippen molar-refractivity contribution in [3.05, 3.63) is 29.3 Å². The Morgan fingerprint density at radius 1 is 0.941 bits per heavy atom. The minimum Gasteiger partial charge on any atom is -0.261 e. The average Bonchev–Trinajstić information content (AvgIpc) is 2.45. The molecule has 1 aromatic rings. The molecule has 2 rings (SSSR count). The van der Waals surface area contributed by atoms with Crippen molar-refractivity contribution < 1.29 is 0 Å². The van der Waals surface area contributed by atoms with E-state index in [0.29, 0.717) is 0 Å². The molecule has 1 heteroatoms. The van der Waals surface area contributed by atoms with E-state index in [1.165, 1.54) is 11.1 Å². The third-order valence-corrected chi connectivity index (χ3v) is 2.01. The largest absolute Gasteiger partial charge is 0.261 e. The number of fused-ring (bicyclic) bond motifs is 1. The lowest BCUT2D eigenvalue weighted by Crippen LogP contribution is -1.93. The molecule has 0 saturated heterocycles. The smallest absolute Gasteiger partial charge is 0.0660 e. The van der Waals surface area contributed by atoms with E-state index < -0.39 is 0 Å². The zero-order valence-electron chi connectivity index (χ0n) is 12.7. The van der Waals surface area contributed by atoms with Crippen LogP contribution >= 0.6 is 0 Å². The Hall–Kier alpha value is -1.11. The number of aliphatic imine (C=N–C) groups is 1. The predicted octanol–water partition coefficient (Wildman–Crippen LogP) is 5.72. The molecule has 0 aromatic heterocycles. The van der Waals surface area contributed by atoms with Gasteiger partial charge in [-0.3, -0.25) is 4.99 Å². The van der Waals surface area contributed by atoms with E-state index in [0.717, 1.165) is 18.5 Å². The van der Waals surface area contributed by atoms with Gasteiger partial charge in [-0.25, -0.2) is 0 Å². The zero-order valence-corrected chi connectivity index (χ0v) is 12.7. The molecule has 1 aliphatic heterocycles. The molecule has 0 spiro atoms. The third-order valence-electron chi connectivity index (χ3n) is 2.01. The van der Waals surface area contributed by atoms with Crippen molar-refractivity contribution in [1.29, 1.82) is 0 Å². The molecule has 0 aliphatic carbocycles. The molecule has 1 aromatic carbocycles. The van der Waals surface area contributed by atoms with E-state index in [1.54, 1.807) is 0 Å². The van der Waals surface area contributed by atoms with Gasteiger partial charge in [-0.2, -0.15) is 0 Å². The number of benzene rings is 1. The van der Waals surface area contributed by atoms with Gasteiger partial charge in [0.15, 0.2) is 0 Å². The highest BCUT2D eigenvalue weighted by Gasteiger charge is 2.03. The van der Waals surface area contributed by atoms with Crippen LogP contribution < -0.4 is 0 Å². The summed E-state index contributed by atoms with van der Waals surface area (Å²) < 4.78 is 0. The summed E-state index contributed by atoms with van der Waals surface area (Å²) in [6, 6.07) is 6.48. The van der Waals surface area contributed by atoms with Crippen LogP contribution in [-0.4, -0.2) is 6.21 Å². The molecule has 1 nitrogen and oxygen atoms in total. The summed E-state index contributed by atoms with van der Waals surface area (Å²) in [5, 5.41) is 0. The van der Waals surface area contributed by atoms with Crippen LogP contribution in [0.4, 0.5) is 5.69 Å². The topological polar surface area (TPSA) is 12.4 Å². The van der Waals surface area contributed by atoms with Crippen LogP contribution in [0.1, 0.15) is 59.1 Å². The van der Waals surface area contributed by atoms with Crippen LogP contribution in [0.25, 0.3) is 0 Å². The fourth-order valence-corrected chi connectivity index (χ4v) is 1.39. The van der Waals surface area contributed by atoms with Crippen LogP contribution in [0.2, 0.25) is 0 Å². The van der Waals surface area contributed by atoms with Gasteiger partial charge in [0, 0.05) is 6.21 Å². The average molecular weight is 235 g/mol. The highest BCUT2D eigenvalue weighted by Crippen LogP contribution is 2.24. The van der Waals surface area contributed by atoms with Gasteiger partial charge in [0.25, 0.3) is 0 Å². The van der Waals surface area contributed by atoms with E-state index in [-0.39, 0.29) is 0 Å². The van der Waals surface area contributed by atoms with Crippen molar-refractivity contribution in [2.24, 2.45) is 4.99 Å². The van der Waals surface area contributed by atoms with Crippen LogP contribution in [0, 0.1) is 6.92 Å². The summed E-state index contributed by atoms with van der Waals surface area (Å²) in [4.78, 5) is 4.33. The van der Waals surface area contributed by atoms with E-state index >= 15 is 0 Å². The monoisotopic (exact) mass is 235 g/mol. The third kappa shape index (κ3) is 6.93. The molecule has 0 atom stereocenters. The first-order chi connectivity index (χ1) is 8.36. The maximum absolute atomic E-state index is 4.33. The van der Waals surface area contributed by atoms with E-state index in [2.05, 4.69) is 30.1 Å². The number of aryl methyl sites for hydroxylation is 2. The molecule has 1 heterocycles. The number of hydrogen-bond acceptors (Lipinski definition) is 1. The van der Waals surface area contributed by atoms with Crippen molar-refractivity contribution in [3.8, 4) is 0 Å². The van der Waals surface area contributed by atoms with Crippen molar-refractivity contribution in [2.45, 2.75) is 61.3 Å². The summed E-state index contributed by atoms with van der Waals surface area (Å²) in [5.41, 5.74) is 3.84. The van der Waals surface area contributed by atoms with Crippen LogP contribution in [0.15, 0.2) is 23.2 Å². The molecule has 0 radical (unpaired) electrons. The molecule has 0 bridgehead atoms. The van der Waals surface area contributed by atoms with Gasteiger partial charge in [-0.05, 0) is 37.0 Å². The minimum absolute atomic E-state index is 1.09. The molecule has 0 unspecified atom stereocenters. The lowest BCUT2D eigenvalue weighted by atomic mass is 10.0. The van der Waals surface area contributed by atoms with Gasteiger partial charge in [-0.15, -0.1) is 0 Å². The van der Waals surface area contributed by atoms with Gasteiger partial charge < -0.3 is 0 Å². The molecular formula is C16H29N. The molecule has 0 amide bonds. The summed E-state index contributed by atoms with van der Waals surface area (Å²) in [6.45, 7) is 14.1. The summed E-state index contributed by atoms with van der Waals surface area (Å²) >= 11 is 0. The Labute approximate surface area is 108 Å². The molecule has 0 fully saturated rings. The van der Waals surface area contributed by atoms with Gasteiger partial charge in [-0.1, -0.05) is 53.7 Å². The Morgan fingerprint density at radius 2 is 1.53 bits per heavy atom.